The van der Waals surface area contributed by atoms with Gasteiger partial charge >= 0.3 is 0 Å². The van der Waals surface area contributed by atoms with E-state index in [0.29, 0.717) is 0 Å². The van der Waals surface area contributed by atoms with Crippen LogP contribution in [0, 0.1) is 0 Å². The van der Waals surface area contributed by atoms with Crippen LogP contribution in [0.1, 0.15) is 58.8 Å². The van der Waals surface area contributed by atoms with E-state index in [-0.39, 0.29) is 0 Å². The molecule has 0 aromatic heterocycles. The molecule has 0 radical (unpaired) electrons. The van der Waals surface area contributed by atoms with E-state index in [1.807, 2.05) is 0 Å². The van der Waals surface area contributed by atoms with Crippen molar-refractivity contribution in [2.75, 3.05) is 32.8 Å². The minimum absolute atomic E-state index is 1.23. The lowest BCUT2D eigenvalue weighted by Crippen LogP contribution is -2.26. The van der Waals surface area contributed by atoms with Crippen LogP contribution in [0.15, 0.2) is 0 Å². The normalized spacial score (nSPS) is 18.4. The Balaban J connectivity index is 1.90. The predicted octanol–water partition coefficient (Wildman–Crippen LogP) is 3.33. The third-order valence-corrected chi connectivity index (χ3v) is 3.50. The fourth-order valence-corrected chi connectivity index (χ4v) is 2.50. The molecule has 0 amide bonds. The summed E-state index contributed by atoms with van der Waals surface area (Å²) in [6.07, 6.45) is 9.81. The van der Waals surface area contributed by atoms with E-state index in [0.717, 1.165) is 0 Å². The molecule has 1 aliphatic heterocycles. The molecular formula is C14H30N2. The summed E-state index contributed by atoms with van der Waals surface area (Å²) in [5.41, 5.74) is 0. The average Bonchev–Trinajstić information content (AvgIpc) is 2.72. The summed E-state index contributed by atoms with van der Waals surface area (Å²) in [6.45, 7) is 11.0. The molecule has 0 aromatic rings. The van der Waals surface area contributed by atoms with Gasteiger partial charge < -0.3 is 0 Å². The molecule has 1 fully saturated rings. The minimum Gasteiger partial charge on any atom is -0.289 e. The van der Waals surface area contributed by atoms with Crippen molar-refractivity contribution in [1.29, 1.82) is 0 Å². The third-order valence-electron chi connectivity index (χ3n) is 3.50. The maximum Gasteiger partial charge on any atom is 0.0507 e. The summed E-state index contributed by atoms with van der Waals surface area (Å²) in [7, 11) is 0. The zero-order valence-corrected chi connectivity index (χ0v) is 11.4. The van der Waals surface area contributed by atoms with Crippen molar-refractivity contribution < 1.29 is 0 Å². The lowest BCUT2D eigenvalue weighted by molar-refractivity contribution is 0.242. The molecule has 1 heterocycles. The molecule has 2 heteroatoms. The molecule has 0 unspecified atom stereocenters. The van der Waals surface area contributed by atoms with Gasteiger partial charge in [0.25, 0.3) is 0 Å². The summed E-state index contributed by atoms with van der Waals surface area (Å²) in [5, 5.41) is 0. The van der Waals surface area contributed by atoms with Gasteiger partial charge in [-0.2, -0.15) is 0 Å². The first kappa shape index (κ1) is 14.0. The number of unbranched alkanes of at least 4 members (excludes halogenated alkanes) is 5. The Morgan fingerprint density at radius 1 is 0.688 bits per heavy atom. The van der Waals surface area contributed by atoms with Crippen LogP contribution in [-0.4, -0.2) is 42.6 Å². The Morgan fingerprint density at radius 2 is 1.31 bits per heavy atom. The van der Waals surface area contributed by atoms with Gasteiger partial charge in [0.15, 0.2) is 0 Å². The Bertz CT molecular complexity index is 159. The van der Waals surface area contributed by atoms with Crippen LogP contribution >= 0.6 is 0 Å². The van der Waals surface area contributed by atoms with Crippen molar-refractivity contribution >= 4 is 0 Å². The topological polar surface area (TPSA) is 6.48 Å². The maximum atomic E-state index is 2.62. The first-order chi connectivity index (χ1) is 7.86. The van der Waals surface area contributed by atoms with Crippen LogP contribution in [0.3, 0.4) is 0 Å². The molecule has 0 aromatic carbocycles. The van der Waals surface area contributed by atoms with Crippen LogP contribution in [-0.2, 0) is 0 Å². The first-order valence-corrected chi connectivity index (χ1v) is 7.31. The maximum absolute atomic E-state index is 2.62. The molecular weight excluding hydrogens is 196 g/mol. The quantitative estimate of drug-likeness (QED) is 0.556. The largest absolute Gasteiger partial charge is 0.289 e. The van der Waals surface area contributed by atoms with Crippen LogP contribution < -0.4 is 0 Å². The summed E-state index contributed by atoms with van der Waals surface area (Å²) >= 11 is 0. The van der Waals surface area contributed by atoms with Crippen molar-refractivity contribution in [2.45, 2.75) is 58.8 Å². The fourth-order valence-electron chi connectivity index (χ4n) is 2.50. The van der Waals surface area contributed by atoms with Crippen LogP contribution in [0.2, 0.25) is 0 Å². The Labute approximate surface area is 102 Å². The Kier molecular flexibility index (Phi) is 7.87. The van der Waals surface area contributed by atoms with E-state index in [1.54, 1.807) is 0 Å². The van der Waals surface area contributed by atoms with Crippen molar-refractivity contribution in [3.8, 4) is 0 Å². The second kappa shape index (κ2) is 9.00. The highest BCUT2D eigenvalue weighted by molar-refractivity contribution is 4.70. The molecule has 96 valence electrons. The van der Waals surface area contributed by atoms with Gasteiger partial charge in [0.2, 0.25) is 0 Å². The van der Waals surface area contributed by atoms with Gasteiger partial charge in [0.1, 0.15) is 0 Å². The lowest BCUT2D eigenvalue weighted by atomic mass is 10.1. The highest BCUT2D eigenvalue weighted by Crippen LogP contribution is 2.09. The van der Waals surface area contributed by atoms with Gasteiger partial charge in [-0.25, -0.2) is 0 Å². The molecule has 1 aliphatic rings. The van der Waals surface area contributed by atoms with Gasteiger partial charge in [0.05, 0.1) is 6.67 Å². The van der Waals surface area contributed by atoms with Gasteiger partial charge in [-0.05, 0) is 25.9 Å². The molecule has 0 N–H and O–H groups in total. The highest BCUT2D eigenvalue weighted by Gasteiger charge is 2.17. The van der Waals surface area contributed by atoms with E-state index in [4.69, 9.17) is 0 Å². The Hall–Kier alpha value is -0.0800. The fraction of sp³-hybridized carbons (Fsp3) is 1.00. The van der Waals surface area contributed by atoms with Crippen LogP contribution in [0.5, 0.6) is 0 Å². The SMILES string of the molecule is CCCCCCCCN1CCN(CCC)C1. The third kappa shape index (κ3) is 5.86. The molecule has 0 saturated carbocycles. The zero-order valence-electron chi connectivity index (χ0n) is 11.4. The van der Waals surface area contributed by atoms with Gasteiger partial charge in [-0.15, -0.1) is 0 Å². The van der Waals surface area contributed by atoms with E-state index in [1.165, 1.54) is 77.8 Å². The second-order valence-electron chi connectivity index (χ2n) is 5.15. The summed E-state index contributed by atoms with van der Waals surface area (Å²) in [6, 6.07) is 0. The number of nitrogens with zero attached hydrogens (tertiary/aromatic N) is 2. The smallest absolute Gasteiger partial charge is 0.0507 e. The summed E-state index contributed by atoms with van der Waals surface area (Å²) in [5.74, 6) is 0. The van der Waals surface area contributed by atoms with Crippen molar-refractivity contribution in [3.05, 3.63) is 0 Å². The summed E-state index contributed by atoms with van der Waals surface area (Å²) in [4.78, 5) is 5.20. The van der Waals surface area contributed by atoms with Gasteiger partial charge in [-0.1, -0.05) is 46.0 Å². The molecule has 2 nitrogen and oxygen atoms in total. The highest BCUT2D eigenvalue weighted by atomic mass is 15.4. The first-order valence-electron chi connectivity index (χ1n) is 7.31. The molecule has 0 bridgehead atoms. The van der Waals surface area contributed by atoms with Gasteiger partial charge in [0, 0.05) is 13.1 Å². The molecule has 0 atom stereocenters. The second-order valence-corrected chi connectivity index (χ2v) is 5.15. The minimum atomic E-state index is 1.23. The lowest BCUT2D eigenvalue weighted by Gasteiger charge is -2.17. The van der Waals surface area contributed by atoms with Gasteiger partial charge in [-0.3, -0.25) is 9.80 Å². The zero-order chi connectivity index (χ0) is 11.6. The number of hydrogen-bond donors (Lipinski definition) is 0. The number of hydrogen-bond acceptors (Lipinski definition) is 2. The number of rotatable bonds is 9. The predicted molar refractivity (Wildman–Crippen MR) is 71.7 cm³/mol. The molecule has 0 spiro atoms. The average molecular weight is 226 g/mol. The van der Waals surface area contributed by atoms with Crippen molar-refractivity contribution in [2.24, 2.45) is 0 Å². The van der Waals surface area contributed by atoms with E-state index in [9.17, 15) is 0 Å². The van der Waals surface area contributed by atoms with Crippen molar-refractivity contribution in [1.82, 2.24) is 9.80 Å². The monoisotopic (exact) mass is 226 g/mol. The van der Waals surface area contributed by atoms with E-state index in [2.05, 4.69) is 23.6 Å². The standard InChI is InChI=1S/C14H30N2/c1-3-5-6-7-8-9-11-16-13-12-15(14-16)10-4-2/h3-14H2,1-2H3. The summed E-state index contributed by atoms with van der Waals surface area (Å²) < 4.78 is 0. The molecule has 0 aliphatic carbocycles. The van der Waals surface area contributed by atoms with Crippen molar-refractivity contribution in [3.63, 3.8) is 0 Å². The van der Waals surface area contributed by atoms with Crippen LogP contribution in [0.25, 0.3) is 0 Å². The van der Waals surface area contributed by atoms with E-state index < -0.39 is 0 Å². The molecule has 1 rings (SSSR count). The van der Waals surface area contributed by atoms with Crippen LogP contribution in [0.4, 0.5) is 0 Å². The van der Waals surface area contributed by atoms with E-state index >= 15 is 0 Å². The molecule has 1 saturated heterocycles. The Morgan fingerprint density at radius 3 is 2.00 bits per heavy atom. The molecule has 16 heavy (non-hydrogen) atoms.